The Hall–Kier alpha value is -3.59. The second-order valence-corrected chi connectivity index (χ2v) is 6.31. The molecule has 0 saturated heterocycles. The summed E-state index contributed by atoms with van der Waals surface area (Å²) in [6.07, 6.45) is 2.78. The number of hydrogen-bond acceptors (Lipinski definition) is 5. The fraction of sp³-hybridized carbons (Fsp3) is 0.105. The number of nitrogens with zero attached hydrogens (tertiary/aromatic N) is 2. The molecule has 9 heteroatoms. The first kappa shape index (κ1) is 20.7. The minimum atomic E-state index is -0.495. The number of amides is 2. The molecule has 0 aromatic heterocycles. The van der Waals surface area contributed by atoms with E-state index in [1.165, 1.54) is 41.3 Å². The van der Waals surface area contributed by atoms with E-state index in [4.69, 9.17) is 12.2 Å². The van der Waals surface area contributed by atoms with Crippen LogP contribution in [0.2, 0.25) is 0 Å². The van der Waals surface area contributed by atoms with E-state index in [9.17, 15) is 19.7 Å². The molecular weight excluding hydrogens is 380 g/mol. The second-order valence-electron chi connectivity index (χ2n) is 5.91. The Morgan fingerprint density at radius 1 is 1.14 bits per heavy atom. The van der Waals surface area contributed by atoms with Crippen molar-refractivity contribution in [3.8, 4) is 0 Å². The van der Waals surface area contributed by atoms with Crippen LogP contribution in [-0.4, -0.2) is 40.8 Å². The van der Waals surface area contributed by atoms with Crippen molar-refractivity contribution in [1.29, 1.82) is 0 Å². The highest BCUT2D eigenvalue weighted by molar-refractivity contribution is 7.80. The molecule has 144 valence electrons. The number of nitro benzene ring substituents is 1. The van der Waals surface area contributed by atoms with Crippen LogP contribution < -0.4 is 10.6 Å². The molecule has 0 bridgehead atoms. The minimum Gasteiger partial charge on any atom is -0.345 e. The van der Waals surface area contributed by atoms with Gasteiger partial charge in [0.05, 0.1) is 4.92 Å². The van der Waals surface area contributed by atoms with Gasteiger partial charge >= 0.3 is 0 Å². The number of anilines is 1. The van der Waals surface area contributed by atoms with Crippen molar-refractivity contribution in [3.63, 3.8) is 0 Å². The second kappa shape index (κ2) is 9.38. The lowest BCUT2D eigenvalue weighted by Gasteiger charge is -2.12. The van der Waals surface area contributed by atoms with Crippen LogP contribution in [0.1, 0.15) is 15.9 Å². The van der Waals surface area contributed by atoms with Gasteiger partial charge in [-0.05, 0) is 54.2 Å². The van der Waals surface area contributed by atoms with Crippen molar-refractivity contribution in [1.82, 2.24) is 10.2 Å². The van der Waals surface area contributed by atoms with Crippen LogP contribution in [0.3, 0.4) is 0 Å². The molecule has 0 aliphatic heterocycles. The molecule has 0 aliphatic carbocycles. The number of carbonyl (C=O) groups excluding carboxylic acids is 2. The van der Waals surface area contributed by atoms with Crippen molar-refractivity contribution in [2.24, 2.45) is 0 Å². The molecule has 8 nitrogen and oxygen atoms in total. The molecule has 0 radical (unpaired) electrons. The average Bonchev–Trinajstić information content (AvgIpc) is 2.66. The quantitative estimate of drug-likeness (QED) is 0.347. The first-order valence-electron chi connectivity index (χ1n) is 8.12. The number of thiocarbonyl (C=S) groups is 1. The summed E-state index contributed by atoms with van der Waals surface area (Å²) in [4.78, 5) is 35.5. The predicted octanol–water partition coefficient (Wildman–Crippen LogP) is 2.82. The highest BCUT2D eigenvalue weighted by atomic mass is 32.1. The molecule has 28 heavy (non-hydrogen) atoms. The number of benzene rings is 2. The number of nitro groups is 1. The monoisotopic (exact) mass is 398 g/mol. The van der Waals surface area contributed by atoms with Crippen LogP contribution in [0.4, 0.5) is 11.4 Å². The van der Waals surface area contributed by atoms with Gasteiger partial charge in [-0.1, -0.05) is 6.07 Å². The fourth-order valence-electron chi connectivity index (χ4n) is 2.18. The molecule has 0 fully saturated rings. The van der Waals surface area contributed by atoms with E-state index in [0.717, 1.165) is 0 Å². The van der Waals surface area contributed by atoms with Crippen molar-refractivity contribution >= 4 is 46.6 Å². The van der Waals surface area contributed by atoms with Crippen molar-refractivity contribution in [3.05, 3.63) is 75.8 Å². The van der Waals surface area contributed by atoms with Gasteiger partial charge in [0, 0.05) is 43.6 Å². The predicted molar refractivity (Wildman–Crippen MR) is 111 cm³/mol. The molecule has 0 spiro atoms. The summed E-state index contributed by atoms with van der Waals surface area (Å²) in [6, 6.07) is 12.5. The van der Waals surface area contributed by atoms with E-state index in [1.54, 1.807) is 38.4 Å². The summed E-state index contributed by atoms with van der Waals surface area (Å²) in [7, 11) is 3.31. The van der Waals surface area contributed by atoms with Gasteiger partial charge in [-0.25, -0.2) is 0 Å². The summed E-state index contributed by atoms with van der Waals surface area (Å²) >= 11 is 5.10. The third-order valence-corrected chi connectivity index (χ3v) is 3.75. The highest BCUT2D eigenvalue weighted by Crippen LogP contribution is 2.13. The number of carbonyl (C=O) groups is 2. The molecule has 0 aliphatic rings. The van der Waals surface area contributed by atoms with Crippen LogP contribution in [0.25, 0.3) is 6.08 Å². The maximum Gasteiger partial charge on any atom is 0.269 e. The van der Waals surface area contributed by atoms with Gasteiger partial charge in [0.2, 0.25) is 5.91 Å². The first-order chi connectivity index (χ1) is 13.3. The maximum atomic E-state index is 12.0. The number of hydrogen-bond donors (Lipinski definition) is 2. The van der Waals surface area contributed by atoms with Gasteiger partial charge in [0.25, 0.3) is 11.6 Å². The third-order valence-electron chi connectivity index (χ3n) is 3.54. The Labute approximate surface area is 167 Å². The highest BCUT2D eigenvalue weighted by Gasteiger charge is 2.09. The van der Waals surface area contributed by atoms with Crippen molar-refractivity contribution in [2.75, 3.05) is 19.4 Å². The molecule has 2 aromatic rings. The molecule has 2 N–H and O–H groups in total. The Morgan fingerprint density at radius 2 is 1.82 bits per heavy atom. The smallest absolute Gasteiger partial charge is 0.269 e. The van der Waals surface area contributed by atoms with Gasteiger partial charge in [-0.2, -0.15) is 0 Å². The third kappa shape index (κ3) is 5.99. The van der Waals surface area contributed by atoms with E-state index >= 15 is 0 Å². The zero-order chi connectivity index (χ0) is 20.7. The fourth-order valence-corrected chi connectivity index (χ4v) is 2.40. The standard InChI is InChI=1S/C19H18N4O4S/c1-22(2)18(25)14-4-3-5-15(12-14)20-19(28)21-17(24)11-8-13-6-9-16(10-7-13)23(26)27/h3-12H,1-2H3,(H2,20,21,24,28)/b11-8+. The van der Waals surface area contributed by atoms with Crippen LogP contribution in [0.5, 0.6) is 0 Å². The molecule has 2 amide bonds. The Bertz CT molecular complexity index is 939. The van der Waals surface area contributed by atoms with E-state index < -0.39 is 10.8 Å². The summed E-state index contributed by atoms with van der Waals surface area (Å²) in [6.45, 7) is 0. The maximum absolute atomic E-state index is 12.0. The van der Waals surface area contributed by atoms with Crippen molar-refractivity contribution in [2.45, 2.75) is 0 Å². The van der Waals surface area contributed by atoms with Gasteiger partial charge < -0.3 is 10.2 Å². The van der Waals surface area contributed by atoms with Gasteiger partial charge in [0.15, 0.2) is 5.11 Å². The normalized spacial score (nSPS) is 10.4. The summed E-state index contributed by atoms with van der Waals surface area (Å²) in [5, 5.41) is 16.0. The van der Waals surface area contributed by atoms with Gasteiger partial charge in [-0.15, -0.1) is 0 Å². The Morgan fingerprint density at radius 3 is 2.43 bits per heavy atom. The molecule has 0 saturated carbocycles. The lowest BCUT2D eigenvalue weighted by Crippen LogP contribution is -2.32. The number of non-ortho nitro benzene ring substituents is 1. The molecular formula is C19H18N4O4S. The van der Waals surface area contributed by atoms with Crippen LogP contribution >= 0.6 is 12.2 Å². The first-order valence-corrected chi connectivity index (χ1v) is 8.53. The molecule has 2 aromatic carbocycles. The Kier molecular flexibility index (Phi) is 6.94. The van der Waals surface area contributed by atoms with E-state index in [-0.39, 0.29) is 16.7 Å². The molecule has 0 unspecified atom stereocenters. The van der Waals surface area contributed by atoms with Gasteiger partial charge in [-0.3, -0.25) is 25.0 Å². The zero-order valence-electron chi connectivity index (χ0n) is 15.2. The largest absolute Gasteiger partial charge is 0.345 e. The summed E-state index contributed by atoms with van der Waals surface area (Å²) in [5.41, 5.74) is 1.66. The topological polar surface area (TPSA) is 105 Å². The molecule has 0 atom stereocenters. The van der Waals surface area contributed by atoms with E-state index in [2.05, 4.69) is 10.6 Å². The van der Waals surface area contributed by atoms with Crippen LogP contribution in [0.15, 0.2) is 54.6 Å². The minimum absolute atomic E-state index is 0.0260. The van der Waals surface area contributed by atoms with Crippen LogP contribution in [-0.2, 0) is 4.79 Å². The lowest BCUT2D eigenvalue weighted by atomic mass is 10.2. The molecule has 2 rings (SSSR count). The lowest BCUT2D eigenvalue weighted by molar-refractivity contribution is -0.384. The zero-order valence-corrected chi connectivity index (χ0v) is 16.0. The van der Waals surface area contributed by atoms with Crippen molar-refractivity contribution < 1.29 is 14.5 Å². The van der Waals surface area contributed by atoms with Gasteiger partial charge in [0.1, 0.15) is 0 Å². The number of nitrogens with one attached hydrogen (secondary N) is 2. The Balaban J connectivity index is 1.94. The van der Waals surface area contributed by atoms with E-state index in [1.807, 2.05) is 0 Å². The van der Waals surface area contributed by atoms with Crippen LogP contribution in [0, 0.1) is 10.1 Å². The average molecular weight is 398 g/mol. The number of rotatable bonds is 5. The van der Waals surface area contributed by atoms with E-state index in [0.29, 0.717) is 16.8 Å². The SMILES string of the molecule is CN(C)C(=O)c1cccc(NC(=S)NC(=O)/C=C/c2ccc([N+](=O)[O-])cc2)c1. The summed E-state index contributed by atoms with van der Waals surface area (Å²) in [5.74, 6) is -0.610. The molecule has 0 heterocycles. The summed E-state index contributed by atoms with van der Waals surface area (Å²) < 4.78 is 0.